The van der Waals surface area contributed by atoms with Crippen molar-refractivity contribution in [2.24, 2.45) is 5.10 Å². The van der Waals surface area contributed by atoms with E-state index in [-0.39, 0.29) is 5.91 Å². The minimum absolute atomic E-state index is 0.256. The van der Waals surface area contributed by atoms with Crippen molar-refractivity contribution >= 4 is 28.1 Å². The fourth-order valence-electron chi connectivity index (χ4n) is 2.40. The van der Waals surface area contributed by atoms with Gasteiger partial charge >= 0.3 is 0 Å². The van der Waals surface area contributed by atoms with Crippen LogP contribution in [-0.4, -0.2) is 19.2 Å². The first-order valence-corrected chi connectivity index (χ1v) is 8.78. The fourth-order valence-corrected chi connectivity index (χ4v) is 2.67. The molecule has 130 valence electrons. The van der Waals surface area contributed by atoms with Crippen LogP contribution in [0.25, 0.3) is 11.1 Å². The molecule has 3 aromatic carbocycles. The lowest BCUT2D eigenvalue weighted by molar-refractivity contribution is 0.0955. The molecular weight excluding hydrogens is 392 g/mol. The van der Waals surface area contributed by atoms with Crippen LogP contribution in [0.2, 0.25) is 0 Å². The van der Waals surface area contributed by atoms with Crippen molar-refractivity contribution in [3.63, 3.8) is 0 Å². The number of rotatable bonds is 5. The van der Waals surface area contributed by atoms with Crippen LogP contribution in [0.4, 0.5) is 0 Å². The van der Waals surface area contributed by atoms with Gasteiger partial charge in [0.2, 0.25) is 0 Å². The van der Waals surface area contributed by atoms with Crippen molar-refractivity contribution in [3.8, 4) is 16.9 Å². The number of nitrogens with zero attached hydrogens (tertiary/aromatic N) is 1. The number of amides is 1. The van der Waals surface area contributed by atoms with Crippen molar-refractivity contribution in [1.82, 2.24) is 5.43 Å². The maximum atomic E-state index is 12.3. The first kappa shape index (κ1) is 17.9. The molecule has 0 aliphatic rings. The van der Waals surface area contributed by atoms with Gasteiger partial charge in [-0.25, -0.2) is 5.43 Å². The monoisotopic (exact) mass is 408 g/mol. The van der Waals surface area contributed by atoms with Crippen molar-refractivity contribution in [2.45, 2.75) is 0 Å². The Hall–Kier alpha value is -2.92. The zero-order chi connectivity index (χ0) is 18.4. The Labute approximate surface area is 160 Å². The number of hydrogen-bond donors (Lipinski definition) is 1. The molecule has 0 fully saturated rings. The predicted octanol–water partition coefficient (Wildman–Crippen LogP) is 4.89. The molecule has 1 N–H and O–H groups in total. The standard InChI is InChI=1S/C21H17BrN2O2/c1-26-20-11-7-16(8-12-20)17-3-2-4-18(13-17)21(25)24-23-14-15-5-9-19(22)10-6-15/h2-14H,1H3,(H,24,25). The van der Waals surface area contributed by atoms with E-state index in [1.54, 1.807) is 19.4 Å². The van der Waals surface area contributed by atoms with E-state index < -0.39 is 0 Å². The first-order valence-electron chi connectivity index (χ1n) is 7.99. The number of carbonyl (C=O) groups is 1. The maximum Gasteiger partial charge on any atom is 0.271 e. The molecule has 5 heteroatoms. The number of hydrogen-bond acceptors (Lipinski definition) is 3. The summed E-state index contributed by atoms with van der Waals surface area (Å²) in [4.78, 5) is 12.3. The normalized spacial score (nSPS) is 10.7. The van der Waals surface area contributed by atoms with Gasteiger partial charge in [-0.05, 0) is 53.1 Å². The van der Waals surface area contributed by atoms with E-state index in [0.29, 0.717) is 5.56 Å². The molecule has 0 aliphatic carbocycles. The van der Waals surface area contributed by atoms with Gasteiger partial charge in [0, 0.05) is 10.0 Å². The molecule has 0 saturated carbocycles. The van der Waals surface area contributed by atoms with E-state index in [1.165, 1.54) is 0 Å². The number of hydrazone groups is 1. The highest BCUT2D eigenvalue weighted by atomic mass is 79.9. The first-order chi connectivity index (χ1) is 12.7. The van der Waals surface area contributed by atoms with Gasteiger partial charge in [-0.3, -0.25) is 4.79 Å². The fraction of sp³-hybridized carbons (Fsp3) is 0.0476. The molecule has 4 nitrogen and oxygen atoms in total. The lowest BCUT2D eigenvalue weighted by Crippen LogP contribution is -2.17. The van der Waals surface area contributed by atoms with Crippen molar-refractivity contribution < 1.29 is 9.53 Å². The second-order valence-corrected chi connectivity index (χ2v) is 6.48. The Balaban J connectivity index is 1.70. The van der Waals surface area contributed by atoms with Gasteiger partial charge in [0.1, 0.15) is 5.75 Å². The van der Waals surface area contributed by atoms with Gasteiger partial charge in [0.25, 0.3) is 5.91 Å². The SMILES string of the molecule is COc1ccc(-c2cccc(C(=O)NN=Cc3ccc(Br)cc3)c2)cc1. The van der Waals surface area contributed by atoms with E-state index >= 15 is 0 Å². The molecule has 0 spiro atoms. The molecule has 3 rings (SSSR count). The minimum Gasteiger partial charge on any atom is -0.497 e. The van der Waals surface area contributed by atoms with Gasteiger partial charge in [0.05, 0.1) is 13.3 Å². The molecule has 0 radical (unpaired) electrons. The summed E-state index contributed by atoms with van der Waals surface area (Å²) in [5.74, 6) is 0.540. The Bertz CT molecular complexity index is 920. The molecule has 0 aliphatic heterocycles. The van der Waals surface area contributed by atoms with Crippen LogP contribution < -0.4 is 10.2 Å². The molecule has 0 unspecified atom stereocenters. The lowest BCUT2D eigenvalue weighted by atomic mass is 10.0. The zero-order valence-corrected chi connectivity index (χ0v) is 15.7. The zero-order valence-electron chi connectivity index (χ0n) is 14.1. The third-order valence-electron chi connectivity index (χ3n) is 3.80. The summed E-state index contributed by atoms with van der Waals surface area (Å²) < 4.78 is 6.17. The van der Waals surface area contributed by atoms with E-state index in [9.17, 15) is 4.79 Å². The second kappa shape index (κ2) is 8.45. The third kappa shape index (κ3) is 4.58. The molecule has 26 heavy (non-hydrogen) atoms. The largest absolute Gasteiger partial charge is 0.497 e. The van der Waals surface area contributed by atoms with Crippen molar-refractivity contribution in [1.29, 1.82) is 0 Å². The second-order valence-electron chi connectivity index (χ2n) is 5.56. The topological polar surface area (TPSA) is 50.7 Å². The maximum absolute atomic E-state index is 12.3. The highest BCUT2D eigenvalue weighted by Crippen LogP contribution is 2.23. The number of carbonyl (C=O) groups excluding carboxylic acids is 1. The molecule has 0 bridgehead atoms. The number of benzene rings is 3. The van der Waals surface area contributed by atoms with E-state index in [2.05, 4.69) is 26.5 Å². The molecule has 0 aromatic heterocycles. The van der Waals surface area contributed by atoms with Gasteiger partial charge in [0.15, 0.2) is 0 Å². The number of halogens is 1. The summed E-state index contributed by atoms with van der Waals surface area (Å²) in [6.45, 7) is 0. The molecule has 1 amide bonds. The summed E-state index contributed by atoms with van der Waals surface area (Å²) in [5.41, 5.74) is 5.98. The summed E-state index contributed by atoms with van der Waals surface area (Å²) >= 11 is 3.38. The van der Waals surface area contributed by atoms with Gasteiger partial charge in [-0.2, -0.15) is 5.10 Å². The lowest BCUT2D eigenvalue weighted by Gasteiger charge is -2.06. The van der Waals surface area contributed by atoms with Crippen LogP contribution in [0.15, 0.2) is 82.4 Å². The molecule has 0 saturated heterocycles. The molecule has 0 heterocycles. The molecule has 3 aromatic rings. The van der Waals surface area contributed by atoms with Crippen LogP contribution in [0.1, 0.15) is 15.9 Å². The van der Waals surface area contributed by atoms with E-state index in [0.717, 1.165) is 26.9 Å². The number of methoxy groups -OCH3 is 1. The average molecular weight is 409 g/mol. The van der Waals surface area contributed by atoms with E-state index in [1.807, 2.05) is 66.7 Å². The van der Waals surface area contributed by atoms with Crippen molar-refractivity contribution in [3.05, 3.63) is 88.4 Å². The highest BCUT2D eigenvalue weighted by molar-refractivity contribution is 9.10. The Kier molecular flexibility index (Phi) is 5.81. The van der Waals surface area contributed by atoms with Crippen molar-refractivity contribution in [2.75, 3.05) is 7.11 Å². The van der Waals surface area contributed by atoms with Gasteiger partial charge in [-0.15, -0.1) is 0 Å². The van der Waals surface area contributed by atoms with E-state index in [4.69, 9.17) is 4.74 Å². The minimum atomic E-state index is -0.256. The molecular formula is C21H17BrN2O2. The summed E-state index contributed by atoms with van der Waals surface area (Å²) in [7, 11) is 1.63. The van der Waals surface area contributed by atoms with Gasteiger partial charge in [-0.1, -0.05) is 52.3 Å². The summed E-state index contributed by atoms with van der Waals surface area (Å²) in [6.07, 6.45) is 1.61. The number of nitrogens with one attached hydrogen (secondary N) is 1. The quantitative estimate of drug-likeness (QED) is 0.482. The van der Waals surface area contributed by atoms with Crippen LogP contribution in [-0.2, 0) is 0 Å². The number of ether oxygens (including phenoxy) is 1. The van der Waals surface area contributed by atoms with Crippen LogP contribution in [0, 0.1) is 0 Å². The van der Waals surface area contributed by atoms with Gasteiger partial charge < -0.3 is 4.74 Å². The average Bonchev–Trinajstić information content (AvgIpc) is 2.69. The van der Waals surface area contributed by atoms with Crippen LogP contribution >= 0.6 is 15.9 Å². The molecule has 0 atom stereocenters. The Morgan fingerprint density at radius 1 is 1.00 bits per heavy atom. The Morgan fingerprint density at radius 2 is 1.73 bits per heavy atom. The summed E-state index contributed by atoms with van der Waals surface area (Å²) in [6, 6.07) is 22.8. The predicted molar refractivity (Wildman–Crippen MR) is 108 cm³/mol. The Morgan fingerprint density at radius 3 is 2.42 bits per heavy atom. The summed E-state index contributed by atoms with van der Waals surface area (Å²) in [5, 5.41) is 4.02. The van der Waals surface area contributed by atoms with Crippen LogP contribution in [0.5, 0.6) is 5.75 Å². The van der Waals surface area contributed by atoms with Crippen LogP contribution in [0.3, 0.4) is 0 Å². The highest BCUT2D eigenvalue weighted by Gasteiger charge is 2.06. The third-order valence-corrected chi connectivity index (χ3v) is 4.33. The smallest absolute Gasteiger partial charge is 0.271 e.